The summed E-state index contributed by atoms with van der Waals surface area (Å²) in [5.74, 6) is 2.10. The average molecular weight is 276 g/mol. The Hall–Kier alpha value is -1.36. The number of nitrogens with zero attached hydrogens (tertiary/aromatic N) is 4. The number of hydrogen-bond acceptors (Lipinski definition) is 5. The van der Waals surface area contributed by atoms with Crippen LogP contribution in [0.4, 0.5) is 11.6 Å². The number of rotatable bonds is 2. The van der Waals surface area contributed by atoms with Crippen LogP contribution in [0.25, 0.3) is 0 Å². The van der Waals surface area contributed by atoms with E-state index in [2.05, 4.69) is 39.7 Å². The van der Waals surface area contributed by atoms with Crippen molar-refractivity contribution in [3.05, 3.63) is 12.4 Å². The van der Waals surface area contributed by atoms with Crippen molar-refractivity contribution in [1.82, 2.24) is 9.97 Å². The van der Waals surface area contributed by atoms with Crippen LogP contribution in [0.15, 0.2) is 12.4 Å². The normalized spacial score (nSPS) is 27.7. The molecule has 1 aromatic heterocycles. The molecule has 0 bridgehead atoms. The topological polar surface area (TPSA) is 41.5 Å². The quantitative estimate of drug-likeness (QED) is 0.827. The zero-order valence-corrected chi connectivity index (χ0v) is 12.5. The Morgan fingerprint density at radius 1 is 1.05 bits per heavy atom. The Kier molecular flexibility index (Phi) is 4.05. The van der Waals surface area contributed by atoms with Crippen molar-refractivity contribution < 1.29 is 4.74 Å². The first-order chi connectivity index (χ1) is 9.75. The summed E-state index contributed by atoms with van der Waals surface area (Å²) in [6.45, 7) is 8.01. The molecule has 5 heteroatoms. The molecule has 20 heavy (non-hydrogen) atoms. The number of morpholine rings is 1. The van der Waals surface area contributed by atoms with Gasteiger partial charge in [0.05, 0.1) is 13.2 Å². The van der Waals surface area contributed by atoms with Crippen LogP contribution in [0.2, 0.25) is 0 Å². The second kappa shape index (κ2) is 5.95. The van der Waals surface area contributed by atoms with Gasteiger partial charge >= 0.3 is 0 Å². The number of aromatic nitrogens is 2. The van der Waals surface area contributed by atoms with E-state index in [1.165, 1.54) is 19.3 Å². The third-order valence-electron chi connectivity index (χ3n) is 4.43. The van der Waals surface area contributed by atoms with Crippen LogP contribution in [-0.2, 0) is 4.74 Å². The van der Waals surface area contributed by atoms with Crippen molar-refractivity contribution >= 4 is 11.6 Å². The van der Waals surface area contributed by atoms with E-state index in [0.29, 0.717) is 12.1 Å². The van der Waals surface area contributed by atoms with Gasteiger partial charge in [-0.2, -0.15) is 0 Å². The molecule has 0 amide bonds. The largest absolute Gasteiger partial charge is 0.378 e. The van der Waals surface area contributed by atoms with E-state index in [4.69, 9.17) is 4.74 Å². The fourth-order valence-corrected chi connectivity index (χ4v) is 3.32. The Morgan fingerprint density at radius 3 is 2.40 bits per heavy atom. The maximum atomic E-state index is 5.41. The number of piperidine rings is 1. The van der Waals surface area contributed by atoms with Gasteiger partial charge in [0.1, 0.15) is 18.0 Å². The van der Waals surface area contributed by atoms with Crippen molar-refractivity contribution in [3.8, 4) is 0 Å². The van der Waals surface area contributed by atoms with E-state index in [1.54, 1.807) is 6.33 Å². The summed E-state index contributed by atoms with van der Waals surface area (Å²) in [5, 5.41) is 0. The van der Waals surface area contributed by atoms with Gasteiger partial charge in [0.15, 0.2) is 0 Å². The Labute approximate surface area is 121 Å². The van der Waals surface area contributed by atoms with Crippen LogP contribution in [0.5, 0.6) is 0 Å². The number of hydrogen-bond donors (Lipinski definition) is 0. The molecule has 2 aliphatic heterocycles. The van der Waals surface area contributed by atoms with E-state index in [0.717, 1.165) is 37.9 Å². The first kappa shape index (κ1) is 13.6. The van der Waals surface area contributed by atoms with Crippen LogP contribution in [0.1, 0.15) is 33.1 Å². The molecule has 0 radical (unpaired) electrons. The summed E-state index contributed by atoms with van der Waals surface area (Å²) in [7, 11) is 0. The van der Waals surface area contributed by atoms with E-state index < -0.39 is 0 Å². The molecule has 1 aromatic rings. The predicted molar refractivity (Wildman–Crippen MR) is 80.3 cm³/mol. The molecule has 2 aliphatic rings. The molecule has 2 atom stereocenters. The van der Waals surface area contributed by atoms with Gasteiger partial charge in [0.2, 0.25) is 0 Å². The molecular weight excluding hydrogens is 252 g/mol. The molecule has 0 spiro atoms. The summed E-state index contributed by atoms with van der Waals surface area (Å²) in [5.41, 5.74) is 0. The molecule has 3 rings (SSSR count). The minimum atomic E-state index is 0.561. The monoisotopic (exact) mass is 276 g/mol. The first-order valence-corrected chi connectivity index (χ1v) is 7.69. The van der Waals surface area contributed by atoms with Gasteiger partial charge < -0.3 is 14.5 Å². The lowest BCUT2D eigenvalue weighted by atomic mass is 9.97. The first-order valence-electron chi connectivity index (χ1n) is 7.69. The van der Waals surface area contributed by atoms with Crippen LogP contribution < -0.4 is 9.80 Å². The van der Waals surface area contributed by atoms with Crippen LogP contribution >= 0.6 is 0 Å². The fourth-order valence-electron chi connectivity index (χ4n) is 3.32. The number of ether oxygens (including phenoxy) is 1. The van der Waals surface area contributed by atoms with E-state index in [9.17, 15) is 0 Å². The Morgan fingerprint density at radius 2 is 1.70 bits per heavy atom. The lowest BCUT2D eigenvalue weighted by Gasteiger charge is -2.40. The molecule has 2 fully saturated rings. The van der Waals surface area contributed by atoms with Gasteiger partial charge in [-0.25, -0.2) is 9.97 Å². The highest BCUT2D eigenvalue weighted by Gasteiger charge is 2.26. The summed E-state index contributed by atoms with van der Waals surface area (Å²) in [4.78, 5) is 13.7. The second-order valence-corrected chi connectivity index (χ2v) is 5.87. The third-order valence-corrected chi connectivity index (χ3v) is 4.43. The maximum Gasteiger partial charge on any atom is 0.134 e. The molecule has 0 aliphatic carbocycles. The van der Waals surface area contributed by atoms with E-state index in [1.807, 2.05) is 0 Å². The van der Waals surface area contributed by atoms with Crippen LogP contribution in [0, 0.1) is 0 Å². The summed E-state index contributed by atoms with van der Waals surface area (Å²) < 4.78 is 5.41. The lowest BCUT2D eigenvalue weighted by molar-refractivity contribution is 0.122. The highest BCUT2D eigenvalue weighted by atomic mass is 16.5. The molecule has 0 aromatic carbocycles. The summed E-state index contributed by atoms with van der Waals surface area (Å²) in [6.07, 6.45) is 5.52. The fraction of sp³-hybridized carbons (Fsp3) is 0.733. The van der Waals surface area contributed by atoms with Gasteiger partial charge in [0, 0.05) is 31.2 Å². The molecule has 0 N–H and O–H groups in total. The Balaban J connectivity index is 1.82. The van der Waals surface area contributed by atoms with Crippen molar-refractivity contribution in [1.29, 1.82) is 0 Å². The maximum absolute atomic E-state index is 5.41. The molecule has 2 saturated heterocycles. The molecular formula is C15H24N4O. The molecule has 0 saturated carbocycles. The smallest absolute Gasteiger partial charge is 0.134 e. The standard InChI is InChI=1S/C15H24N4O/c1-12-4-3-5-13(2)19(12)15-10-14(16-11-17-15)18-6-8-20-9-7-18/h10-13H,3-9H2,1-2H3. The Bertz CT molecular complexity index is 437. The van der Waals surface area contributed by atoms with Crippen LogP contribution in [-0.4, -0.2) is 48.4 Å². The zero-order valence-electron chi connectivity index (χ0n) is 12.5. The zero-order chi connectivity index (χ0) is 13.9. The summed E-state index contributed by atoms with van der Waals surface area (Å²) in [6, 6.07) is 3.27. The lowest BCUT2D eigenvalue weighted by Crippen LogP contribution is -2.44. The van der Waals surface area contributed by atoms with Crippen molar-refractivity contribution in [2.24, 2.45) is 0 Å². The van der Waals surface area contributed by atoms with Crippen molar-refractivity contribution in [2.75, 3.05) is 36.1 Å². The molecule has 110 valence electrons. The van der Waals surface area contributed by atoms with Gasteiger partial charge in [0.25, 0.3) is 0 Å². The minimum absolute atomic E-state index is 0.561. The van der Waals surface area contributed by atoms with Crippen molar-refractivity contribution in [2.45, 2.75) is 45.2 Å². The van der Waals surface area contributed by atoms with Gasteiger partial charge in [-0.15, -0.1) is 0 Å². The van der Waals surface area contributed by atoms with Gasteiger partial charge in [-0.3, -0.25) is 0 Å². The SMILES string of the molecule is CC1CCCC(C)N1c1cc(N2CCOCC2)ncn1. The van der Waals surface area contributed by atoms with Gasteiger partial charge in [-0.05, 0) is 33.1 Å². The van der Waals surface area contributed by atoms with E-state index in [-0.39, 0.29) is 0 Å². The van der Waals surface area contributed by atoms with Gasteiger partial charge in [-0.1, -0.05) is 0 Å². The number of anilines is 2. The molecule has 5 nitrogen and oxygen atoms in total. The predicted octanol–water partition coefficient (Wildman–Crippen LogP) is 2.08. The minimum Gasteiger partial charge on any atom is -0.378 e. The molecule has 2 unspecified atom stereocenters. The highest BCUT2D eigenvalue weighted by molar-refractivity contribution is 5.51. The highest BCUT2D eigenvalue weighted by Crippen LogP contribution is 2.29. The van der Waals surface area contributed by atoms with Crippen molar-refractivity contribution in [3.63, 3.8) is 0 Å². The second-order valence-electron chi connectivity index (χ2n) is 5.87. The third kappa shape index (κ3) is 2.73. The van der Waals surface area contributed by atoms with E-state index >= 15 is 0 Å². The average Bonchev–Trinajstić information content (AvgIpc) is 2.48. The summed E-state index contributed by atoms with van der Waals surface area (Å²) >= 11 is 0. The molecule has 3 heterocycles. The van der Waals surface area contributed by atoms with Crippen LogP contribution in [0.3, 0.4) is 0 Å².